The Morgan fingerprint density at radius 2 is 1.83 bits per heavy atom. The second kappa shape index (κ2) is 6.32. The van der Waals surface area contributed by atoms with Gasteiger partial charge in [0.25, 0.3) is 5.56 Å². The molecule has 1 aliphatic rings. The van der Waals surface area contributed by atoms with Gasteiger partial charge in [-0.05, 0) is 25.0 Å². The van der Waals surface area contributed by atoms with Crippen molar-refractivity contribution < 1.29 is 4.79 Å². The summed E-state index contributed by atoms with van der Waals surface area (Å²) in [5.41, 5.74) is 7.48. The average Bonchev–Trinajstić information content (AvgIpc) is 3.16. The molecule has 0 unspecified atom stereocenters. The molecule has 6 heteroatoms. The van der Waals surface area contributed by atoms with Gasteiger partial charge in [0.1, 0.15) is 5.69 Å². The van der Waals surface area contributed by atoms with Gasteiger partial charge in [-0.2, -0.15) is 0 Å². The lowest BCUT2D eigenvalue weighted by Crippen LogP contribution is -2.28. The van der Waals surface area contributed by atoms with Crippen LogP contribution in [0.4, 0.5) is 5.69 Å². The molecular weight excluding hydrogens is 292 g/mol. The number of carbonyl (C=O) groups is 1. The number of rotatable bonds is 4. The van der Waals surface area contributed by atoms with Crippen LogP contribution in [0.25, 0.3) is 5.69 Å². The van der Waals surface area contributed by atoms with Gasteiger partial charge in [0.2, 0.25) is 5.91 Å². The number of aromatic nitrogens is 2. The minimum absolute atomic E-state index is 0.141. The summed E-state index contributed by atoms with van der Waals surface area (Å²) in [6.07, 6.45) is 3.02. The predicted molar refractivity (Wildman–Crippen MR) is 89.6 cm³/mol. The van der Waals surface area contributed by atoms with Gasteiger partial charge in [-0.15, -0.1) is 0 Å². The number of nitrogens with zero attached hydrogens (tertiary/aromatic N) is 3. The van der Waals surface area contributed by atoms with Crippen LogP contribution in [-0.4, -0.2) is 33.3 Å². The van der Waals surface area contributed by atoms with Gasteiger partial charge in [-0.1, -0.05) is 18.2 Å². The van der Waals surface area contributed by atoms with Crippen LogP contribution in [0.3, 0.4) is 0 Å². The summed E-state index contributed by atoms with van der Waals surface area (Å²) in [5.74, 6) is 0.141. The standard InChI is InChI=1S/C17H22N4O2/c1-19-14(9-10-15(22)20-11-5-6-12-20)16(18)17(23)21(19)13-7-3-2-4-8-13/h2-4,7-8H,5-6,9-12,18H2,1H3. The van der Waals surface area contributed by atoms with E-state index in [1.165, 1.54) is 0 Å². The summed E-state index contributed by atoms with van der Waals surface area (Å²) >= 11 is 0. The summed E-state index contributed by atoms with van der Waals surface area (Å²) in [6.45, 7) is 1.69. The first-order chi connectivity index (χ1) is 11.1. The van der Waals surface area contributed by atoms with E-state index in [0.717, 1.165) is 31.6 Å². The summed E-state index contributed by atoms with van der Waals surface area (Å²) in [5, 5.41) is 0. The van der Waals surface area contributed by atoms with E-state index in [1.807, 2.05) is 35.2 Å². The van der Waals surface area contributed by atoms with Crippen molar-refractivity contribution in [2.45, 2.75) is 25.7 Å². The fourth-order valence-corrected chi connectivity index (χ4v) is 3.17. The molecule has 1 aromatic carbocycles. The molecule has 1 saturated heterocycles. The van der Waals surface area contributed by atoms with Crippen LogP contribution in [0.5, 0.6) is 0 Å². The van der Waals surface area contributed by atoms with Crippen molar-refractivity contribution in [3.05, 3.63) is 46.4 Å². The Bertz CT molecular complexity index is 755. The van der Waals surface area contributed by atoms with Crippen molar-refractivity contribution in [1.82, 2.24) is 14.3 Å². The van der Waals surface area contributed by atoms with Gasteiger partial charge >= 0.3 is 0 Å². The van der Waals surface area contributed by atoms with Gasteiger partial charge in [0.15, 0.2) is 0 Å². The minimum atomic E-state index is -0.234. The molecule has 3 rings (SSSR count). The molecule has 2 N–H and O–H groups in total. The molecule has 1 aromatic heterocycles. The highest BCUT2D eigenvalue weighted by Gasteiger charge is 2.21. The van der Waals surface area contributed by atoms with E-state index in [2.05, 4.69) is 0 Å². The molecule has 0 aliphatic carbocycles. The first kappa shape index (κ1) is 15.4. The highest BCUT2D eigenvalue weighted by Crippen LogP contribution is 2.16. The maximum Gasteiger partial charge on any atom is 0.294 e. The quantitative estimate of drug-likeness (QED) is 0.925. The van der Waals surface area contributed by atoms with Crippen LogP contribution >= 0.6 is 0 Å². The molecule has 0 saturated carbocycles. The Kier molecular flexibility index (Phi) is 4.23. The monoisotopic (exact) mass is 314 g/mol. The normalized spacial score (nSPS) is 14.4. The van der Waals surface area contributed by atoms with Gasteiger partial charge < -0.3 is 10.6 Å². The van der Waals surface area contributed by atoms with Crippen LogP contribution in [0.2, 0.25) is 0 Å². The molecule has 23 heavy (non-hydrogen) atoms. The number of benzene rings is 1. The van der Waals surface area contributed by atoms with E-state index in [4.69, 9.17) is 5.73 Å². The van der Waals surface area contributed by atoms with E-state index >= 15 is 0 Å². The number of anilines is 1. The van der Waals surface area contributed by atoms with Crippen molar-refractivity contribution in [3.63, 3.8) is 0 Å². The Balaban J connectivity index is 1.83. The summed E-state index contributed by atoms with van der Waals surface area (Å²) < 4.78 is 3.30. The molecule has 0 spiro atoms. The molecule has 2 heterocycles. The topological polar surface area (TPSA) is 73.3 Å². The molecule has 122 valence electrons. The number of likely N-dealkylation sites (tertiary alicyclic amines) is 1. The van der Waals surface area contributed by atoms with Crippen LogP contribution in [0.15, 0.2) is 35.1 Å². The lowest BCUT2D eigenvalue weighted by molar-refractivity contribution is -0.130. The highest BCUT2D eigenvalue weighted by atomic mass is 16.2. The van der Waals surface area contributed by atoms with Gasteiger partial charge in [0, 0.05) is 33.0 Å². The first-order valence-electron chi connectivity index (χ1n) is 7.99. The third-order valence-corrected chi connectivity index (χ3v) is 4.46. The fourth-order valence-electron chi connectivity index (χ4n) is 3.17. The highest BCUT2D eigenvalue weighted by molar-refractivity contribution is 5.76. The lowest BCUT2D eigenvalue weighted by atomic mass is 10.2. The second-order valence-electron chi connectivity index (χ2n) is 5.92. The molecule has 1 amide bonds. The maximum absolute atomic E-state index is 12.4. The summed E-state index contributed by atoms with van der Waals surface area (Å²) in [4.78, 5) is 26.5. The lowest BCUT2D eigenvalue weighted by Gasteiger charge is -2.15. The minimum Gasteiger partial charge on any atom is -0.393 e. The van der Waals surface area contributed by atoms with E-state index < -0.39 is 0 Å². The van der Waals surface area contributed by atoms with Gasteiger partial charge in [-0.3, -0.25) is 14.3 Å². The van der Waals surface area contributed by atoms with Crippen molar-refractivity contribution in [2.24, 2.45) is 7.05 Å². The Labute approximate surface area is 135 Å². The zero-order valence-electron chi connectivity index (χ0n) is 13.4. The van der Waals surface area contributed by atoms with Crippen molar-refractivity contribution in [1.29, 1.82) is 0 Å². The first-order valence-corrected chi connectivity index (χ1v) is 7.99. The van der Waals surface area contributed by atoms with Gasteiger partial charge in [0.05, 0.1) is 11.4 Å². The number of nitrogen functional groups attached to an aromatic ring is 1. The Morgan fingerprint density at radius 3 is 2.48 bits per heavy atom. The molecule has 1 aliphatic heterocycles. The zero-order chi connectivity index (χ0) is 16.4. The smallest absolute Gasteiger partial charge is 0.294 e. The number of amides is 1. The number of nitrogens with two attached hydrogens (primary N) is 1. The zero-order valence-corrected chi connectivity index (χ0v) is 13.4. The van der Waals surface area contributed by atoms with Crippen LogP contribution in [-0.2, 0) is 18.3 Å². The number of hydrogen-bond donors (Lipinski definition) is 1. The molecule has 0 atom stereocenters. The molecule has 0 radical (unpaired) electrons. The SMILES string of the molecule is Cn1c(CCC(=O)N2CCCC2)c(N)c(=O)n1-c1ccccc1. The molecular formula is C17H22N4O2. The van der Waals surface area contributed by atoms with Crippen molar-refractivity contribution in [2.75, 3.05) is 18.8 Å². The third kappa shape index (κ3) is 2.88. The van der Waals surface area contributed by atoms with Crippen LogP contribution in [0.1, 0.15) is 25.0 Å². The largest absolute Gasteiger partial charge is 0.393 e. The second-order valence-corrected chi connectivity index (χ2v) is 5.92. The van der Waals surface area contributed by atoms with Crippen LogP contribution < -0.4 is 11.3 Å². The van der Waals surface area contributed by atoms with Crippen molar-refractivity contribution in [3.8, 4) is 5.69 Å². The van der Waals surface area contributed by atoms with Gasteiger partial charge in [-0.25, -0.2) is 4.68 Å². The predicted octanol–water partition coefficient (Wildman–Crippen LogP) is 1.31. The van der Waals surface area contributed by atoms with E-state index in [0.29, 0.717) is 18.5 Å². The molecule has 2 aromatic rings. The van der Waals surface area contributed by atoms with E-state index in [-0.39, 0.29) is 17.2 Å². The number of hydrogen-bond acceptors (Lipinski definition) is 3. The van der Waals surface area contributed by atoms with E-state index in [1.54, 1.807) is 16.4 Å². The summed E-state index contributed by atoms with van der Waals surface area (Å²) in [7, 11) is 1.81. The van der Waals surface area contributed by atoms with Crippen molar-refractivity contribution >= 4 is 11.6 Å². The van der Waals surface area contributed by atoms with Crippen LogP contribution in [0, 0.1) is 0 Å². The fraction of sp³-hybridized carbons (Fsp3) is 0.412. The molecule has 6 nitrogen and oxygen atoms in total. The van der Waals surface area contributed by atoms with E-state index in [9.17, 15) is 9.59 Å². The average molecular weight is 314 g/mol. The number of carbonyl (C=O) groups excluding carboxylic acids is 1. The Morgan fingerprint density at radius 1 is 1.17 bits per heavy atom. The number of para-hydroxylation sites is 1. The molecule has 1 fully saturated rings. The maximum atomic E-state index is 12.4. The molecule has 0 bridgehead atoms. The Hall–Kier alpha value is -2.50. The third-order valence-electron chi connectivity index (χ3n) is 4.46. The summed E-state index contributed by atoms with van der Waals surface area (Å²) in [6, 6.07) is 9.37.